The predicted molar refractivity (Wildman–Crippen MR) is 44.7 cm³/mol. The van der Waals surface area contributed by atoms with E-state index in [4.69, 9.17) is 0 Å². The maximum absolute atomic E-state index is 12.1. The fourth-order valence-electron chi connectivity index (χ4n) is 1.07. The number of nitrogens with one attached hydrogen (secondary N) is 2. The fourth-order valence-corrected chi connectivity index (χ4v) is 1.07. The number of halogens is 3. The van der Waals surface area contributed by atoms with E-state index in [1.165, 1.54) is 0 Å². The van der Waals surface area contributed by atoms with Crippen LogP contribution in [-0.2, 0) is 6.18 Å². The average Bonchev–Trinajstić information content (AvgIpc) is 2.51. The van der Waals surface area contributed by atoms with Gasteiger partial charge in [0.2, 0.25) is 0 Å². The van der Waals surface area contributed by atoms with Crippen molar-refractivity contribution in [2.45, 2.75) is 12.3 Å². The molecule has 0 saturated heterocycles. The van der Waals surface area contributed by atoms with Gasteiger partial charge in [0.15, 0.2) is 0 Å². The lowest BCUT2D eigenvalue weighted by Gasteiger charge is -2.06. The van der Waals surface area contributed by atoms with Gasteiger partial charge in [-0.05, 0) is 13.1 Å². The first kappa shape index (κ1) is 11.1. The Kier molecular flexibility index (Phi) is 3.17. The molecule has 0 spiro atoms. The number of rotatable bonds is 3. The quantitative estimate of drug-likeness (QED) is 0.700. The molecule has 3 nitrogen and oxygen atoms in total. The Labute approximate surface area is 78.9 Å². The van der Waals surface area contributed by atoms with Gasteiger partial charge in [0.25, 0.3) is 0 Å². The highest BCUT2D eigenvalue weighted by Gasteiger charge is 2.32. The van der Waals surface area contributed by atoms with Crippen LogP contribution in [0.4, 0.5) is 13.2 Å². The molecular formula is C8H11F3N2O. The van der Waals surface area contributed by atoms with Crippen LogP contribution in [0.15, 0.2) is 12.3 Å². The summed E-state index contributed by atoms with van der Waals surface area (Å²) in [6, 6.07) is 0.905. The van der Waals surface area contributed by atoms with E-state index in [9.17, 15) is 18.3 Å². The Hall–Kier alpha value is -1.01. The summed E-state index contributed by atoms with van der Waals surface area (Å²) in [7, 11) is 1.61. The zero-order chi connectivity index (χ0) is 10.8. The summed E-state index contributed by atoms with van der Waals surface area (Å²) in [6.07, 6.45) is -4.47. The van der Waals surface area contributed by atoms with Gasteiger partial charge in [-0.3, -0.25) is 0 Å². The number of aliphatic hydroxyl groups is 1. The maximum Gasteiger partial charge on any atom is 0.417 e. The second kappa shape index (κ2) is 4.02. The van der Waals surface area contributed by atoms with Crippen LogP contribution in [0.2, 0.25) is 0 Å². The number of hydrogen-bond donors (Lipinski definition) is 3. The molecule has 0 saturated carbocycles. The van der Waals surface area contributed by atoms with Crippen LogP contribution in [0.5, 0.6) is 0 Å². The molecule has 14 heavy (non-hydrogen) atoms. The van der Waals surface area contributed by atoms with Gasteiger partial charge >= 0.3 is 6.18 Å². The summed E-state index contributed by atoms with van der Waals surface area (Å²) in [5.41, 5.74) is -0.616. The van der Waals surface area contributed by atoms with Crippen molar-refractivity contribution in [3.8, 4) is 0 Å². The zero-order valence-corrected chi connectivity index (χ0v) is 7.52. The van der Waals surface area contributed by atoms with Crippen molar-refractivity contribution in [3.05, 3.63) is 23.5 Å². The topological polar surface area (TPSA) is 48.0 Å². The van der Waals surface area contributed by atoms with Gasteiger partial charge in [0.1, 0.15) is 6.10 Å². The second-order valence-corrected chi connectivity index (χ2v) is 2.91. The largest absolute Gasteiger partial charge is 0.417 e. The molecule has 1 aromatic heterocycles. The number of aliphatic hydroxyl groups excluding tert-OH is 1. The normalized spacial score (nSPS) is 14.4. The smallest absolute Gasteiger partial charge is 0.386 e. The first-order chi connectivity index (χ1) is 6.45. The monoisotopic (exact) mass is 208 g/mol. The minimum atomic E-state index is -4.37. The van der Waals surface area contributed by atoms with Gasteiger partial charge in [-0.2, -0.15) is 13.2 Å². The van der Waals surface area contributed by atoms with Gasteiger partial charge in [-0.15, -0.1) is 0 Å². The molecule has 6 heteroatoms. The van der Waals surface area contributed by atoms with E-state index in [0.717, 1.165) is 12.3 Å². The lowest BCUT2D eigenvalue weighted by Crippen LogP contribution is -2.16. The highest BCUT2D eigenvalue weighted by atomic mass is 19.4. The molecule has 1 unspecified atom stereocenters. The number of H-pyrrole nitrogens is 1. The molecule has 0 aliphatic rings. The third-order valence-electron chi connectivity index (χ3n) is 1.79. The highest BCUT2D eigenvalue weighted by molar-refractivity contribution is 5.21. The van der Waals surface area contributed by atoms with Crippen molar-refractivity contribution in [1.29, 1.82) is 0 Å². The van der Waals surface area contributed by atoms with E-state index in [1.807, 2.05) is 0 Å². The molecule has 0 radical (unpaired) electrons. The molecule has 0 amide bonds. The molecule has 0 fully saturated rings. The number of likely N-dealkylation sites (N-methyl/N-ethyl adjacent to an activating group) is 1. The molecule has 1 atom stereocenters. The van der Waals surface area contributed by atoms with E-state index >= 15 is 0 Å². The van der Waals surface area contributed by atoms with E-state index < -0.39 is 17.8 Å². The van der Waals surface area contributed by atoms with Crippen molar-refractivity contribution >= 4 is 0 Å². The number of aromatic amines is 1. The summed E-state index contributed by atoms with van der Waals surface area (Å²) < 4.78 is 36.4. The third kappa shape index (κ3) is 2.49. The van der Waals surface area contributed by atoms with Gasteiger partial charge in [-0.1, -0.05) is 0 Å². The summed E-state index contributed by atoms with van der Waals surface area (Å²) >= 11 is 0. The number of aromatic nitrogens is 1. The van der Waals surface area contributed by atoms with Crippen LogP contribution in [0.25, 0.3) is 0 Å². The van der Waals surface area contributed by atoms with Crippen molar-refractivity contribution in [3.63, 3.8) is 0 Å². The molecule has 3 N–H and O–H groups in total. The van der Waals surface area contributed by atoms with Gasteiger partial charge in [0, 0.05) is 18.4 Å². The molecule has 0 aliphatic heterocycles. The lowest BCUT2D eigenvalue weighted by atomic mass is 10.2. The van der Waals surface area contributed by atoms with Crippen molar-refractivity contribution in [2.24, 2.45) is 0 Å². The SMILES string of the molecule is CNCC(O)c1cc(C(F)(F)F)c[nH]1. The molecule has 0 aliphatic carbocycles. The highest BCUT2D eigenvalue weighted by Crippen LogP contribution is 2.30. The first-order valence-corrected chi connectivity index (χ1v) is 4.03. The fraction of sp³-hybridized carbons (Fsp3) is 0.500. The third-order valence-corrected chi connectivity index (χ3v) is 1.79. The van der Waals surface area contributed by atoms with E-state index in [2.05, 4.69) is 10.3 Å². The Balaban J connectivity index is 2.78. The lowest BCUT2D eigenvalue weighted by molar-refractivity contribution is -0.137. The minimum absolute atomic E-state index is 0.159. The predicted octanol–water partition coefficient (Wildman–Crippen LogP) is 1.29. The number of alkyl halides is 3. The van der Waals surface area contributed by atoms with Crippen LogP contribution in [0.1, 0.15) is 17.4 Å². The molecule has 0 aromatic carbocycles. The second-order valence-electron chi connectivity index (χ2n) is 2.91. The Bertz CT molecular complexity index is 295. The molecule has 0 bridgehead atoms. The average molecular weight is 208 g/mol. The van der Waals surface area contributed by atoms with E-state index in [-0.39, 0.29) is 12.2 Å². The van der Waals surface area contributed by atoms with Crippen molar-refractivity contribution in [2.75, 3.05) is 13.6 Å². The zero-order valence-electron chi connectivity index (χ0n) is 7.52. The van der Waals surface area contributed by atoms with Crippen LogP contribution < -0.4 is 5.32 Å². The van der Waals surface area contributed by atoms with E-state index in [0.29, 0.717) is 0 Å². The van der Waals surface area contributed by atoms with Crippen molar-refractivity contribution < 1.29 is 18.3 Å². The maximum atomic E-state index is 12.1. The summed E-state index contributed by atoms with van der Waals surface area (Å²) in [5, 5.41) is 12.0. The Morgan fingerprint density at radius 3 is 2.64 bits per heavy atom. The summed E-state index contributed by atoms with van der Waals surface area (Å²) in [5.74, 6) is 0. The van der Waals surface area contributed by atoms with E-state index in [1.54, 1.807) is 7.05 Å². The van der Waals surface area contributed by atoms with Crippen LogP contribution in [0, 0.1) is 0 Å². The van der Waals surface area contributed by atoms with Gasteiger partial charge in [0.05, 0.1) is 5.56 Å². The van der Waals surface area contributed by atoms with Crippen LogP contribution in [-0.4, -0.2) is 23.7 Å². The first-order valence-electron chi connectivity index (χ1n) is 4.03. The number of hydrogen-bond acceptors (Lipinski definition) is 2. The summed E-state index contributed by atoms with van der Waals surface area (Å²) in [6.45, 7) is 0.206. The molecule has 1 aromatic rings. The van der Waals surface area contributed by atoms with Crippen LogP contribution >= 0.6 is 0 Å². The molecule has 1 rings (SSSR count). The van der Waals surface area contributed by atoms with Gasteiger partial charge < -0.3 is 15.4 Å². The molecular weight excluding hydrogens is 197 g/mol. The Morgan fingerprint density at radius 2 is 2.21 bits per heavy atom. The van der Waals surface area contributed by atoms with Gasteiger partial charge in [-0.25, -0.2) is 0 Å². The molecule has 1 heterocycles. The molecule has 80 valence electrons. The standard InChI is InChI=1S/C8H11F3N2O/c1-12-4-7(14)6-2-5(3-13-6)8(9,10)11/h2-3,7,12-14H,4H2,1H3. The van der Waals surface area contributed by atoms with Crippen molar-refractivity contribution in [1.82, 2.24) is 10.3 Å². The van der Waals surface area contributed by atoms with Crippen LogP contribution in [0.3, 0.4) is 0 Å². The minimum Gasteiger partial charge on any atom is -0.386 e. The Morgan fingerprint density at radius 1 is 1.57 bits per heavy atom. The summed E-state index contributed by atoms with van der Waals surface area (Å²) in [4.78, 5) is 2.39.